The van der Waals surface area contributed by atoms with E-state index in [-0.39, 0.29) is 0 Å². The van der Waals surface area contributed by atoms with Gasteiger partial charge in [0.15, 0.2) is 5.13 Å². The van der Waals surface area contributed by atoms with Crippen molar-refractivity contribution >= 4 is 16.5 Å². The van der Waals surface area contributed by atoms with Gasteiger partial charge in [-0.05, 0) is 19.8 Å². The van der Waals surface area contributed by atoms with Crippen LogP contribution < -0.4 is 4.90 Å². The van der Waals surface area contributed by atoms with E-state index in [4.69, 9.17) is 4.98 Å². The largest absolute Gasteiger partial charge is 0.348 e. The average Bonchev–Trinajstić information content (AvgIpc) is 3.00. The van der Waals surface area contributed by atoms with Gasteiger partial charge in [-0.1, -0.05) is 29.8 Å². The Bertz CT molecular complexity index is 495. The van der Waals surface area contributed by atoms with Gasteiger partial charge in [-0.2, -0.15) is 0 Å². The quantitative estimate of drug-likeness (QED) is 0.800. The SMILES string of the molecule is Cc1ccc(-c2csc(N3CCCC3)n2)cc1. The van der Waals surface area contributed by atoms with Crippen LogP contribution in [0.2, 0.25) is 0 Å². The summed E-state index contributed by atoms with van der Waals surface area (Å²) in [7, 11) is 0. The van der Waals surface area contributed by atoms with E-state index < -0.39 is 0 Å². The van der Waals surface area contributed by atoms with Crippen LogP contribution in [0, 0.1) is 6.92 Å². The summed E-state index contributed by atoms with van der Waals surface area (Å²) in [5.74, 6) is 0. The fourth-order valence-electron chi connectivity index (χ4n) is 2.17. The van der Waals surface area contributed by atoms with Gasteiger partial charge in [-0.25, -0.2) is 4.98 Å². The van der Waals surface area contributed by atoms with Crippen LogP contribution in [0.5, 0.6) is 0 Å². The topological polar surface area (TPSA) is 16.1 Å². The lowest BCUT2D eigenvalue weighted by atomic mass is 10.1. The Labute approximate surface area is 106 Å². The first-order valence-electron chi connectivity index (χ1n) is 6.10. The molecule has 0 spiro atoms. The number of hydrogen-bond acceptors (Lipinski definition) is 3. The van der Waals surface area contributed by atoms with Gasteiger partial charge in [-0.3, -0.25) is 0 Å². The Hall–Kier alpha value is -1.35. The number of rotatable bonds is 2. The lowest BCUT2D eigenvalue weighted by Gasteiger charge is -2.12. The fraction of sp³-hybridized carbons (Fsp3) is 0.357. The number of nitrogens with zero attached hydrogens (tertiary/aromatic N) is 2. The van der Waals surface area contributed by atoms with E-state index in [1.807, 2.05) is 0 Å². The molecule has 1 saturated heterocycles. The molecule has 1 aliphatic heterocycles. The molecule has 0 unspecified atom stereocenters. The highest BCUT2D eigenvalue weighted by Gasteiger charge is 2.15. The van der Waals surface area contributed by atoms with Gasteiger partial charge in [0.1, 0.15) is 0 Å². The predicted octanol–water partition coefficient (Wildman–Crippen LogP) is 3.72. The van der Waals surface area contributed by atoms with Crippen molar-refractivity contribution in [1.29, 1.82) is 0 Å². The van der Waals surface area contributed by atoms with Crippen LogP contribution in [0.25, 0.3) is 11.3 Å². The van der Waals surface area contributed by atoms with Crippen molar-refractivity contribution in [3.05, 3.63) is 35.2 Å². The molecule has 0 radical (unpaired) electrons. The summed E-state index contributed by atoms with van der Waals surface area (Å²) in [6, 6.07) is 8.59. The Morgan fingerprint density at radius 3 is 2.53 bits per heavy atom. The van der Waals surface area contributed by atoms with E-state index in [1.165, 1.54) is 42.2 Å². The van der Waals surface area contributed by atoms with E-state index in [2.05, 4.69) is 41.5 Å². The second-order valence-electron chi connectivity index (χ2n) is 4.58. The summed E-state index contributed by atoms with van der Waals surface area (Å²) in [5.41, 5.74) is 3.62. The van der Waals surface area contributed by atoms with E-state index in [0.29, 0.717) is 0 Å². The van der Waals surface area contributed by atoms with Crippen LogP contribution in [0.4, 0.5) is 5.13 Å². The maximum absolute atomic E-state index is 4.74. The van der Waals surface area contributed by atoms with Gasteiger partial charge in [0.05, 0.1) is 5.69 Å². The van der Waals surface area contributed by atoms with E-state index in [1.54, 1.807) is 11.3 Å². The zero-order chi connectivity index (χ0) is 11.7. The monoisotopic (exact) mass is 244 g/mol. The van der Waals surface area contributed by atoms with Crippen molar-refractivity contribution in [2.45, 2.75) is 19.8 Å². The fourth-order valence-corrected chi connectivity index (χ4v) is 3.06. The van der Waals surface area contributed by atoms with Crippen molar-refractivity contribution in [3.8, 4) is 11.3 Å². The lowest BCUT2D eigenvalue weighted by Crippen LogP contribution is -2.17. The second-order valence-corrected chi connectivity index (χ2v) is 5.41. The number of anilines is 1. The van der Waals surface area contributed by atoms with Gasteiger partial charge in [0.25, 0.3) is 0 Å². The molecule has 1 fully saturated rings. The standard InChI is InChI=1S/C14H16N2S/c1-11-4-6-12(7-5-11)13-10-17-14(15-13)16-8-2-3-9-16/h4-7,10H,2-3,8-9H2,1H3. The van der Waals surface area contributed by atoms with Crippen molar-refractivity contribution in [3.63, 3.8) is 0 Å². The van der Waals surface area contributed by atoms with E-state index in [0.717, 1.165) is 5.69 Å². The Kier molecular flexibility index (Phi) is 2.85. The van der Waals surface area contributed by atoms with Crippen LogP contribution in [0.1, 0.15) is 18.4 Å². The molecule has 2 heterocycles. The van der Waals surface area contributed by atoms with Crippen LogP contribution in [-0.2, 0) is 0 Å². The summed E-state index contributed by atoms with van der Waals surface area (Å²) in [5, 5.41) is 3.34. The van der Waals surface area contributed by atoms with Crippen LogP contribution >= 0.6 is 11.3 Å². The lowest BCUT2D eigenvalue weighted by molar-refractivity contribution is 0.949. The molecule has 0 amide bonds. The summed E-state index contributed by atoms with van der Waals surface area (Å²) in [4.78, 5) is 7.13. The zero-order valence-electron chi connectivity index (χ0n) is 10.0. The van der Waals surface area contributed by atoms with Gasteiger partial charge < -0.3 is 4.90 Å². The van der Waals surface area contributed by atoms with Gasteiger partial charge in [0.2, 0.25) is 0 Å². The molecule has 0 aliphatic carbocycles. The number of aryl methyl sites for hydroxylation is 1. The minimum absolute atomic E-state index is 1.11. The Morgan fingerprint density at radius 1 is 1.12 bits per heavy atom. The first-order chi connectivity index (χ1) is 8.33. The molecule has 2 nitrogen and oxygen atoms in total. The number of benzene rings is 1. The summed E-state index contributed by atoms with van der Waals surface area (Å²) in [6.45, 7) is 4.45. The number of thiazole rings is 1. The van der Waals surface area contributed by atoms with Gasteiger partial charge >= 0.3 is 0 Å². The van der Waals surface area contributed by atoms with Crippen LogP contribution in [0.3, 0.4) is 0 Å². The van der Waals surface area contributed by atoms with Crippen molar-refractivity contribution in [1.82, 2.24) is 4.98 Å². The summed E-state index contributed by atoms with van der Waals surface area (Å²) in [6.07, 6.45) is 2.61. The highest BCUT2D eigenvalue weighted by molar-refractivity contribution is 7.14. The Morgan fingerprint density at radius 2 is 1.82 bits per heavy atom. The molecule has 0 atom stereocenters. The maximum Gasteiger partial charge on any atom is 0.185 e. The van der Waals surface area contributed by atoms with Crippen LogP contribution in [0.15, 0.2) is 29.6 Å². The molecular weight excluding hydrogens is 228 g/mol. The average molecular weight is 244 g/mol. The highest BCUT2D eigenvalue weighted by atomic mass is 32.1. The molecule has 2 aromatic rings. The molecule has 0 bridgehead atoms. The molecule has 1 aromatic heterocycles. The predicted molar refractivity (Wildman–Crippen MR) is 73.7 cm³/mol. The summed E-state index contributed by atoms with van der Waals surface area (Å²) >= 11 is 1.76. The Balaban J connectivity index is 1.86. The van der Waals surface area contributed by atoms with Crippen LogP contribution in [-0.4, -0.2) is 18.1 Å². The maximum atomic E-state index is 4.74. The molecule has 17 heavy (non-hydrogen) atoms. The minimum atomic E-state index is 1.11. The van der Waals surface area contributed by atoms with E-state index >= 15 is 0 Å². The zero-order valence-corrected chi connectivity index (χ0v) is 10.8. The third-order valence-electron chi connectivity index (χ3n) is 3.22. The molecule has 3 rings (SSSR count). The third-order valence-corrected chi connectivity index (χ3v) is 4.12. The highest BCUT2D eigenvalue weighted by Crippen LogP contribution is 2.29. The van der Waals surface area contributed by atoms with Gasteiger partial charge in [-0.15, -0.1) is 11.3 Å². The third kappa shape index (κ3) is 2.20. The minimum Gasteiger partial charge on any atom is -0.348 e. The molecule has 3 heteroatoms. The normalized spacial score (nSPS) is 15.5. The van der Waals surface area contributed by atoms with Gasteiger partial charge in [0, 0.05) is 24.0 Å². The molecule has 88 valence electrons. The molecule has 1 aromatic carbocycles. The van der Waals surface area contributed by atoms with Crippen molar-refractivity contribution in [2.75, 3.05) is 18.0 Å². The number of hydrogen-bond donors (Lipinski definition) is 0. The number of aromatic nitrogens is 1. The summed E-state index contributed by atoms with van der Waals surface area (Å²) < 4.78 is 0. The molecule has 1 aliphatic rings. The molecule has 0 N–H and O–H groups in total. The van der Waals surface area contributed by atoms with Crippen molar-refractivity contribution in [2.24, 2.45) is 0 Å². The van der Waals surface area contributed by atoms with Crippen molar-refractivity contribution < 1.29 is 0 Å². The second kappa shape index (κ2) is 4.49. The first-order valence-corrected chi connectivity index (χ1v) is 6.98. The van der Waals surface area contributed by atoms with E-state index in [9.17, 15) is 0 Å². The smallest absolute Gasteiger partial charge is 0.185 e. The first kappa shape index (κ1) is 10.8. The molecular formula is C14H16N2S. The molecule has 0 saturated carbocycles.